The summed E-state index contributed by atoms with van der Waals surface area (Å²) < 4.78 is 1.29. The van der Waals surface area contributed by atoms with Crippen molar-refractivity contribution in [1.82, 2.24) is 14.7 Å². The molecule has 0 bridgehead atoms. The molecule has 0 aliphatic heterocycles. The summed E-state index contributed by atoms with van der Waals surface area (Å²) in [6.45, 7) is 1.50. The molecular weight excluding hydrogens is 340 g/mol. The molecule has 3 rings (SSSR count). The third-order valence-corrected chi connectivity index (χ3v) is 4.62. The molecule has 1 heterocycles. The van der Waals surface area contributed by atoms with Gasteiger partial charge in [0.05, 0.1) is 17.5 Å². The standard InChI is InChI=1S/C21H24N4O2/c1-24-21(27)18-10-6-5-9-17(18)19(23-24)15-20(26)25(14-12-22)13-11-16-7-3-2-4-8-16/h2-10H,11-15,22H2,1H3. The van der Waals surface area contributed by atoms with Gasteiger partial charge in [-0.3, -0.25) is 9.59 Å². The minimum Gasteiger partial charge on any atom is -0.341 e. The Morgan fingerprint density at radius 3 is 2.41 bits per heavy atom. The van der Waals surface area contributed by atoms with E-state index in [-0.39, 0.29) is 17.9 Å². The highest BCUT2D eigenvalue weighted by Gasteiger charge is 2.17. The highest BCUT2D eigenvalue weighted by Crippen LogP contribution is 2.14. The Labute approximate surface area is 158 Å². The normalized spacial score (nSPS) is 10.9. The molecule has 6 heteroatoms. The highest BCUT2D eigenvalue weighted by atomic mass is 16.2. The summed E-state index contributed by atoms with van der Waals surface area (Å²) in [6, 6.07) is 17.3. The molecule has 6 nitrogen and oxygen atoms in total. The van der Waals surface area contributed by atoms with Gasteiger partial charge in [-0.2, -0.15) is 5.10 Å². The Hall–Kier alpha value is -2.99. The predicted octanol–water partition coefficient (Wildman–Crippen LogP) is 1.51. The van der Waals surface area contributed by atoms with Gasteiger partial charge < -0.3 is 10.6 Å². The Morgan fingerprint density at radius 1 is 1.04 bits per heavy atom. The van der Waals surface area contributed by atoms with Gasteiger partial charge in [0.1, 0.15) is 0 Å². The third kappa shape index (κ3) is 4.41. The lowest BCUT2D eigenvalue weighted by Gasteiger charge is -2.22. The van der Waals surface area contributed by atoms with Gasteiger partial charge >= 0.3 is 0 Å². The zero-order chi connectivity index (χ0) is 19.2. The number of nitrogens with zero attached hydrogens (tertiary/aromatic N) is 3. The summed E-state index contributed by atoms with van der Waals surface area (Å²) in [4.78, 5) is 26.9. The van der Waals surface area contributed by atoms with Crippen LogP contribution in [0.2, 0.25) is 0 Å². The summed E-state index contributed by atoms with van der Waals surface area (Å²) in [6.07, 6.45) is 0.914. The summed E-state index contributed by atoms with van der Waals surface area (Å²) in [5, 5.41) is 5.63. The van der Waals surface area contributed by atoms with Crippen LogP contribution < -0.4 is 11.3 Å². The minimum atomic E-state index is -0.162. The van der Waals surface area contributed by atoms with Crippen LogP contribution in [0.1, 0.15) is 11.3 Å². The molecule has 2 aromatic carbocycles. The van der Waals surface area contributed by atoms with Gasteiger partial charge in [0.25, 0.3) is 5.56 Å². The van der Waals surface area contributed by atoms with Crippen molar-refractivity contribution in [3.8, 4) is 0 Å². The fraction of sp³-hybridized carbons (Fsp3) is 0.286. The molecule has 1 amide bonds. The molecule has 1 aromatic heterocycles. The Balaban J connectivity index is 1.80. The van der Waals surface area contributed by atoms with E-state index in [1.807, 2.05) is 48.5 Å². The number of fused-ring (bicyclic) bond motifs is 1. The van der Waals surface area contributed by atoms with Crippen LogP contribution in [0.25, 0.3) is 10.8 Å². The molecule has 27 heavy (non-hydrogen) atoms. The zero-order valence-corrected chi connectivity index (χ0v) is 15.5. The number of carbonyl (C=O) groups excluding carboxylic acids is 1. The SMILES string of the molecule is Cn1nc(CC(=O)N(CCN)CCc2ccccc2)c2ccccc2c1=O. The smallest absolute Gasteiger partial charge is 0.274 e. The van der Waals surface area contributed by atoms with Crippen LogP contribution >= 0.6 is 0 Å². The van der Waals surface area contributed by atoms with Gasteiger partial charge in [-0.25, -0.2) is 4.68 Å². The second-order valence-electron chi connectivity index (χ2n) is 6.50. The fourth-order valence-electron chi connectivity index (χ4n) is 3.19. The van der Waals surface area contributed by atoms with Crippen molar-refractivity contribution < 1.29 is 4.79 Å². The first kappa shape index (κ1) is 18.8. The maximum Gasteiger partial charge on any atom is 0.274 e. The highest BCUT2D eigenvalue weighted by molar-refractivity contribution is 5.88. The summed E-state index contributed by atoms with van der Waals surface area (Å²) >= 11 is 0. The third-order valence-electron chi connectivity index (χ3n) is 4.62. The van der Waals surface area contributed by atoms with Crippen molar-refractivity contribution >= 4 is 16.7 Å². The zero-order valence-electron chi connectivity index (χ0n) is 15.5. The lowest BCUT2D eigenvalue weighted by atomic mass is 10.1. The lowest BCUT2D eigenvalue weighted by Crippen LogP contribution is -2.38. The number of aromatic nitrogens is 2. The molecule has 0 unspecified atom stereocenters. The van der Waals surface area contributed by atoms with E-state index in [9.17, 15) is 9.59 Å². The lowest BCUT2D eigenvalue weighted by molar-refractivity contribution is -0.130. The van der Waals surface area contributed by atoms with Crippen LogP contribution in [-0.4, -0.2) is 40.2 Å². The molecular formula is C21H24N4O2. The van der Waals surface area contributed by atoms with Gasteiger partial charge in [-0.15, -0.1) is 0 Å². The molecule has 0 aliphatic carbocycles. The van der Waals surface area contributed by atoms with Crippen molar-refractivity contribution in [2.45, 2.75) is 12.8 Å². The van der Waals surface area contributed by atoms with E-state index in [1.165, 1.54) is 10.2 Å². The first-order valence-electron chi connectivity index (χ1n) is 9.07. The number of nitrogens with two attached hydrogens (primary N) is 1. The van der Waals surface area contributed by atoms with Crippen molar-refractivity contribution in [3.63, 3.8) is 0 Å². The predicted molar refractivity (Wildman–Crippen MR) is 106 cm³/mol. The number of rotatable bonds is 7. The number of hydrogen-bond acceptors (Lipinski definition) is 4. The van der Waals surface area contributed by atoms with Gasteiger partial charge in [0, 0.05) is 32.1 Å². The number of amides is 1. The molecule has 0 spiro atoms. The molecule has 0 atom stereocenters. The van der Waals surface area contributed by atoms with Gasteiger partial charge in [0.15, 0.2) is 0 Å². The number of aryl methyl sites for hydroxylation is 1. The van der Waals surface area contributed by atoms with E-state index in [4.69, 9.17) is 5.73 Å². The van der Waals surface area contributed by atoms with Crippen molar-refractivity contribution in [1.29, 1.82) is 0 Å². The number of benzene rings is 2. The maximum atomic E-state index is 12.9. The molecule has 3 aromatic rings. The summed E-state index contributed by atoms with van der Waals surface area (Å²) in [7, 11) is 1.61. The van der Waals surface area contributed by atoms with Crippen LogP contribution in [0.5, 0.6) is 0 Å². The van der Waals surface area contributed by atoms with E-state index >= 15 is 0 Å². The van der Waals surface area contributed by atoms with E-state index < -0.39 is 0 Å². The maximum absolute atomic E-state index is 12.9. The molecule has 0 saturated carbocycles. The first-order chi connectivity index (χ1) is 13.1. The van der Waals surface area contributed by atoms with E-state index in [1.54, 1.807) is 18.0 Å². The second-order valence-corrected chi connectivity index (χ2v) is 6.50. The molecule has 0 radical (unpaired) electrons. The van der Waals surface area contributed by atoms with Crippen molar-refractivity contribution in [3.05, 3.63) is 76.2 Å². The van der Waals surface area contributed by atoms with Crippen LogP contribution in [0.3, 0.4) is 0 Å². The molecule has 140 valence electrons. The first-order valence-corrected chi connectivity index (χ1v) is 9.07. The molecule has 0 saturated heterocycles. The topological polar surface area (TPSA) is 81.2 Å². The Bertz CT molecular complexity index is 982. The monoisotopic (exact) mass is 364 g/mol. The van der Waals surface area contributed by atoms with Crippen molar-refractivity contribution in [2.24, 2.45) is 12.8 Å². The quantitative estimate of drug-likeness (QED) is 0.689. The fourth-order valence-corrected chi connectivity index (χ4v) is 3.19. The Morgan fingerprint density at radius 2 is 1.70 bits per heavy atom. The van der Waals surface area contributed by atoms with Crippen LogP contribution in [0, 0.1) is 0 Å². The summed E-state index contributed by atoms with van der Waals surface area (Å²) in [5.74, 6) is -0.0346. The van der Waals surface area contributed by atoms with E-state index in [0.29, 0.717) is 30.7 Å². The number of hydrogen-bond donors (Lipinski definition) is 1. The van der Waals surface area contributed by atoms with Crippen LogP contribution in [0.15, 0.2) is 59.4 Å². The summed E-state index contributed by atoms with van der Waals surface area (Å²) in [5.41, 5.74) is 7.34. The average molecular weight is 364 g/mol. The Kier molecular flexibility index (Phi) is 5.98. The number of carbonyl (C=O) groups is 1. The van der Waals surface area contributed by atoms with E-state index in [2.05, 4.69) is 5.10 Å². The van der Waals surface area contributed by atoms with Crippen LogP contribution in [0.4, 0.5) is 0 Å². The van der Waals surface area contributed by atoms with Crippen molar-refractivity contribution in [2.75, 3.05) is 19.6 Å². The average Bonchev–Trinajstić information content (AvgIpc) is 2.70. The largest absolute Gasteiger partial charge is 0.341 e. The minimum absolute atomic E-state index is 0.0346. The van der Waals surface area contributed by atoms with Gasteiger partial charge in [0.2, 0.25) is 5.91 Å². The van der Waals surface area contributed by atoms with Crippen LogP contribution in [-0.2, 0) is 24.7 Å². The van der Waals surface area contributed by atoms with Gasteiger partial charge in [-0.1, -0.05) is 48.5 Å². The molecule has 2 N–H and O–H groups in total. The molecule has 0 aliphatic rings. The van der Waals surface area contributed by atoms with Gasteiger partial charge in [-0.05, 0) is 18.1 Å². The second kappa shape index (κ2) is 8.60. The molecule has 0 fully saturated rings. The van der Waals surface area contributed by atoms with E-state index in [0.717, 1.165) is 11.8 Å².